The second kappa shape index (κ2) is 10.7. The fourth-order valence-corrected chi connectivity index (χ4v) is 4.55. The molecule has 4 rings (SSSR count). The summed E-state index contributed by atoms with van der Waals surface area (Å²) in [5.41, 5.74) is 4.43. The fourth-order valence-electron chi connectivity index (χ4n) is 4.34. The molecule has 1 heterocycles. The SMILES string of the molecule is COc1ccccc1-c1ccc(CN2CCCCC2C(=O)NCc2cccc(Cl)c2)cc1. The number of nitrogens with one attached hydrogen (secondary N) is 1. The van der Waals surface area contributed by atoms with Crippen molar-refractivity contribution in [2.45, 2.75) is 38.4 Å². The zero-order valence-electron chi connectivity index (χ0n) is 18.4. The van der Waals surface area contributed by atoms with Crippen molar-refractivity contribution in [2.24, 2.45) is 0 Å². The van der Waals surface area contributed by atoms with Crippen LogP contribution < -0.4 is 10.1 Å². The molecule has 0 bridgehead atoms. The van der Waals surface area contributed by atoms with Crippen LogP contribution in [0, 0.1) is 0 Å². The molecule has 1 atom stereocenters. The number of hydrogen-bond acceptors (Lipinski definition) is 3. The van der Waals surface area contributed by atoms with E-state index in [-0.39, 0.29) is 11.9 Å². The van der Waals surface area contributed by atoms with E-state index in [9.17, 15) is 4.79 Å². The molecule has 3 aromatic carbocycles. The summed E-state index contributed by atoms with van der Waals surface area (Å²) < 4.78 is 5.49. The van der Waals surface area contributed by atoms with Crippen molar-refractivity contribution < 1.29 is 9.53 Å². The highest BCUT2D eigenvalue weighted by Gasteiger charge is 2.28. The normalized spacial score (nSPS) is 16.5. The van der Waals surface area contributed by atoms with E-state index in [2.05, 4.69) is 40.5 Å². The van der Waals surface area contributed by atoms with E-state index in [0.717, 1.165) is 54.8 Å². The average Bonchev–Trinajstić information content (AvgIpc) is 2.83. The Balaban J connectivity index is 1.41. The Morgan fingerprint density at radius 1 is 1.03 bits per heavy atom. The number of carbonyl (C=O) groups excluding carboxylic acids is 1. The van der Waals surface area contributed by atoms with Gasteiger partial charge in [-0.15, -0.1) is 0 Å². The largest absolute Gasteiger partial charge is 0.496 e. The van der Waals surface area contributed by atoms with Crippen LogP contribution in [0.5, 0.6) is 5.75 Å². The van der Waals surface area contributed by atoms with Gasteiger partial charge in [0, 0.05) is 23.7 Å². The predicted octanol–water partition coefficient (Wildman–Crippen LogP) is 5.69. The summed E-state index contributed by atoms with van der Waals surface area (Å²) in [4.78, 5) is 15.3. The van der Waals surface area contributed by atoms with Crippen molar-refractivity contribution in [1.82, 2.24) is 10.2 Å². The number of nitrogens with zero attached hydrogens (tertiary/aromatic N) is 1. The number of benzene rings is 3. The van der Waals surface area contributed by atoms with Gasteiger partial charge in [0.2, 0.25) is 5.91 Å². The van der Waals surface area contributed by atoms with Gasteiger partial charge in [-0.2, -0.15) is 0 Å². The topological polar surface area (TPSA) is 41.6 Å². The summed E-state index contributed by atoms with van der Waals surface area (Å²) in [6.07, 6.45) is 3.09. The minimum Gasteiger partial charge on any atom is -0.496 e. The van der Waals surface area contributed by atoms with Gasteiger partial charge < -0.3 is 10.1 Å². The summed E-state index contributed by atoms with van der Waals surface area (Å²) in [7, 11) is 1.70. The number of likely N-dealkylation sites (tertiary alicyclic amines) is 1. The number of para-hydroxylation sites is 1. The molecular formula is C27H29ClN2O2. The van der Waals surface area contributed by atoms with Gasteiger partial charge in [0.05, 0.1) is 13.2 Å². The fraction of sp³-hybridized carbons (Fsp3) is 0.296. The Morgan fingerprint density at radius 3 is 2.62 bits per heavy atom. The molecule has 1 saturated heterocycles. The van der Waals surface area contributed by atoms with Crippen LogP contribution in [0.4, 0.5) is 0 Å². The van der Waals surface area contributed by atoms with Crippen LogP contribution in [0.1, 0.15) is 30.4 Å². The molecule has 1 N–H and O–H groups in total. The summed E-state index contributed by atoms with van der Waals surface area (Å²) in [5, 5.41) is 3.79. The van der Waals surface area contributed by atoms with Crippen molar-refractivity contribution in [3.05, 3.63) is 88.9 Å². The third-order valence-electron chi connectivity index (χ3n) is 6.03. The van der Waals surface area contributed by atoms with Crippen molar-refractivity contribution >= 4 is 17.5 Å². The van der Waals surface area contributed by atoms with Crippen molar-refractivity contribution in [2.75, 3.05) is 13.7 Å². The van der Waals surface area contributed by atoms with Crippen molar-refractivity contribution in [3.63, 3.8) is 0 Å². The third-order valence-corrected chi connectivity index (χ3v) is 6.26. The van der Waals surface area contributed by atoms with E-state index in [1.165, 1.54) is 5.56 Å². The van der Waals surface area contributed by atoms with Crippen LogP contribution in [0.2, 0.25) is 5.02 Å². The van der Waals surface area contributed by atoms with Crippen LogP contribution >= 0.6 is 11.6 Å². The molecule has 32 heavy (non-hydrogen) atoms. The highest BCUT2D eigenvalue weighted by molar-refractivity contribution is 6.30. The number of carbonyl (C=O) groups is 1. The first-order chi connectivity index (χ1) is 15.6. The molecule has 1 aliphatic rings. The van der Waals surface area contributed by atoms with Gasteiger partial charge in [0.15, 0.2) is 0 Å². The number of methoxy groups -OCH3 is 1. The Labute approximate surface area is 195 Å². The molecule has 0 aliphatic carbocycles. The van der Waals surface area contributed by atoms with Crippen LogP contribution in [0.25, 0.3) is 11.1 Å². The monoisotopic (exact) mass is 448 g/mol. The van der Waals surface area contributed by atoms with Gasteiger partial charge in [0.1, 0.15) is 5.75 Å². The second-order valence-electron chi connectivity index (χ2n) is 8.23. The van der Waals surface area contributed by atoms with E-state index < -0.39 is 0 Å². The number of halogens is 1. The van der Waals surface area contributed by atoms with Gasteiger partial charge >= 0.3 is 0 Å². The zero-order chi connectivity index (χ0) is 22.3. The summed E-state index contributed by atoms with van der Waals surface area (Å²) in [6, 6.07) is 24.1. The van der Waals surface area contributed by atoms with Crippen LogP contribution in [0.3, 0.4) is 0 Å². The number of rotatable bonds is 7. The molecule has 3 aromatic rings. The predicted molar refractivity (Wildman–Crippen MR) is 130 cm³/mol. The first-order valence-electron chi connectivity index (χ1n) is 11.1. The molecule has 0 saturated carbocycles. The van der Waals surface area contributed by atoms with Crippen LogP contribution in [-0.4, -0.2) is 30.5 Å². The molecule has 0 aromatic heterocycles. The molecule has 0 spiro atoms. The standard InChI is InChI=1S/C27H29ClN2O2/c1-32-26-11-3-2-9-24(26)22-14-12-20(13-15-22)19-30-16-5-4-10-25(30)27(31)29-18-21-7-6-8-23(28)17-21/h2-3,6-9,11-15,17,25H,4-5,10,16,18-19H2,1H3,(H,29,31). The van der Waals surface area contributed by atoms with Crippen molar-refractivity contribution in [3.8, 4) is 16.9 Å². The Kier molecular flexibility index (Phi) is 7.46. The minimum absolute atomic E-state index is 0.0929. The van der Waals surface area contributed by atoms with E-state index in [1.807, 2.05) is 42.5 Å². The van der Waals surface area contributed by atoms with E-state index >= 15 is 0 Å². The first-order valence-corrected chi connectivity index (χ1v) is 11.5. The molecule has 1 amide bonds. The zero-order valence-corrected chi connectivity index (χ0v) is 19.1. The molecule has 1 fully saturated rings. The molecule has 1 aliphatic heterocycles. The lowest BCUT2D eigenvalue weighted by Gasteiger charge is -2.34. The van der Waals surface area contributed by atoms with E-state index in [4.69, 9.17) is 16.3 Å². The smallest absolute Gasteiger partial charge is 0.237 e. The van der Waals surface area contributed by atoms with Gasteiger partial charge in [0.25, 0.3) is 0 Å². The van der Waals surface area contributed by atoms with Gasteiger partial charge in [-0.25, -0.2) is 0 Å². The highest BCUT2D eigenvalue weighted by Crippen LogP contribution is 2.30. The highest BCUT2D eigenvalue weighted by atomic mass is 35.5. The summed E-state index contributed by atoms with van der Waals surface area (Å²) in [6.45, 7) is 2.20. The number of piperidine rings is 1. The summed E-state index contributed by atoms with van der Waals surface area (Å²) >= 11 is 6.06. The first kappa shape index (κ1) is 22.4. The van der Waals surface area contributed by atoms with E-state index in [1.54, 1.807) is 7.11 Å². The third kappa shape index (κ3) is 5.50. The Morgan fingerprint density at radius 2 is 1.84 bits per heavy atom. The molecule has 1 unspecified atom stereocenters. The maximum atomic E-state index is 13.0. The van der Waals surface area contributed by atoms with Crippen LogP contribution in [0.15, 0.2) is 72.8 Å². The molecular weight excluding hydrogens is 420 g/mol. The maximum Gasteiger partial charge on any atom is 0.237 e. The number of hydrogen-bond donors (Lipinski definition) is 1. The molecule has 5 heteroatoms. The van der Waals surface area contributed by atoms with Gasteiger partial charge in [-0.05, 0) is 54.3 Å². The van der Waals surface area contributed by atoms with Gasteiger partial charge in [-0.3, -0.25) is 9.69 Å². The summed E-state index contributed by atoms with van der Waals surface area (Å²) in [5.74, 6) is 0.961. The minimum atomic E-state index is -0.100. The molecule has 0 radical (unpaired) electrons. The lowest BCUT2D eigenvalue weighted by molar-refractivity contribution is -0.128. The molecule has 4 nitrogen and oxygen atoms in total. The van der Waals surface area contributed by atoms with E-state index in [0.29, 0.717) is 11.6 Å². The van der Waals surface area contributed by atoms with Crippen molar-refractivity contribution in [1.29, 1.82) is 0 Å². The maximum absolute atomic E-state index is 13.0. The number of amides is 1. The van der Waals surface area contributed by atoms with Gasteiger partial charge in [-0.1, -0.05) is 72.6 Å². The lowest BCUT2D eigenvalue weighted by Crippen LogP contribution is -2.48. The Bertz CT molecular complexity index is 1050. The quantitative estimate of drug-likeness (QED) is 0.505. The number of ether oxygens (including phenoxy) is 1. The second-order valence-corrected chi connectivity index (χ2v) is 8.66. The molecule has 166 valence electrons. The lowest BCUT2D eigenvalue weighted by atomic mass is 9.99. The average molecular weight is 449 g/mol. The van der Waals surface area contributed by atoms with Crippen LogP contribution in [-0.2, 0) is 17.9 Å². The Hall–Kier alpha value is -2.82.